The number of hydrogen-bond acceptors (Lipinski definition) is 1. The predicted octanol–water partition coefficient (Wildman–Crippen LogP) is 11.9. The minimum Gasteiger partial charge on any atom is -0.223 e. The summed E-state index contributed by atoms with van der Waals surface area (Å²) in [4.78, 5) is 0. The molecule has 0 amide bonds. The van der Waals surface area contributed by atoms with Crippen LogP contribution in [0.5, 0.6) is 0 Å². The maximum atomic E-state index is 7.30. The van der Waals surface area contributed by atoms with Gasteiger partial charge in [0.05, 0.1) is 7.05 Å². The van der Waals surface area contributed by atoms with Crippen LogP contribution in [-0.4, -0.2) is 0 Å². The second kappa shape index (κ2) is 15.0. The molecule has 47 heavy (non-hydrogen) atoms. The predicted molar refractivity (Wildman–Crippen MR) is 215 cm³/mol. The lowest BCUT2D eigenvalue weighted by molar-refractivity contribution is 1.69. The fourth-order valence-corrected chi connectivity index (χ4v) is 26.4. The van der Waals surface area contributed by atoms with E-state index >= 15 is 0 Å². The summed E-state index contributed by atoms with van der Waals surface area (Å²) in [7, 11) is -5.60. The SMILES string of the molecule is ClP(Cl)(=NP(Cl)(Cl)=N[P+](c1ccccc1)(c1ccccc1)c1ccccc1)N=P(c1ccccc1)(c1ccccc1)c1ccccc1. The molecule has 6 aromatic carbocycles. The molecule has 0 aliphatic rings. The van der Waals surface area contributed by atoms with Crippen LogP contribution >= 0.6 is 71.3 Å². The van der Waals surface area contributed by atoms with E-state index in [0.717, 1.165) is 31.8 Å². The Labute approximate surface area is 296 Å². The van der Waals surface area contributed by atoms with Gasteiger partial charge < -0.3 is 0 Å². The van der Waals surface area contributed by atoms with Crippen molar-refractivity contribution < 1.29 is 0 Å². The lowest BCUT2D eigenvalue weighted by Gasteiger charge is -2.28. The van der Waals surface area contributed by atoms with Crippen molar-refractivity contribution in [2.45, 2.75) is 0 Å². The molecule has 3 nitrogen and oxygen atoms in total. The second-order valence-electron chi connectivity index (χ2n) is 10.5. The summed E-state index contributed by atoms with van der Waals surface area (Å²) in [6.07, 6.45) is 0. The van der Waals surface area contributed by atoms with E-state index in [1.54, 1.807) is 0 Å². The molecular weight excluding hydrogens is 740 g/mol. The van der Waals surface area contributed by atoms with Crippen LogP contribution < -0.4 is 31.8 Å². The molecule has 0 unspecified atom stereocenters. The monoisotopic (exact) mass is 768 g/mol. The molecule has 0 radical (unpaired) electrons. The van der Waals surface area contributed by atoms with E-state index in [2.05, 4.69) is 72.8 Å². The molecule has 6 rings (SSSR count). The van der Waals surface area contributed by atoms with Gasteiger partial charge in [0, 0.05) is 15.9 Å². The van der Waals surface area contributed by atoms with E-state index in [9.17, 15) is 0 Å². The molecule has 0 atom stereocenters. The van der Waals surface area contributed by atoms with Crippen molar-refractivity contribution in [1.29, 1.82) is 0 Å². The van der Waals surface area contributed by atoms with Crippen LogP contribution in [0.2, 0.25) is 0 Å². The molecule has 0 fully saturated rings. The maximum absolute atomic E-state index is 7.30. The van der Waals surface area contributed by atoms with Gasteiger partial charge in [-0.2, -0.15) is 4.52 Å². The Kier molecular flexibility index (Phi) is 11.0. The van der Waals surface area contributed by atoms with Crippen molar-refractivity contribution in [3.05, 3.63) is 182 Å². The molecule has 0 aliphatic carbocycles. The highest BCUT2D eigenvalue weighted by Gasteiger charge is 2.49. The third-order valence-electron chi connectivity index (χ3n) is 7.48. The summed E-state index contributed by atoms with van der Waals surface area (Å²) in [5.74, 6) is -7.18. The Morgan fingerprint density at radius 3 is 0.915 bits per heavy atom. The summed E-state index contributed by atoms with van der Waals surface area (Å²) in [6.45, 7) is 0. The van der Waals surface area contributed by atoms with Gasteiger partial charge in [-0.1, -0.05) is 150 Å². The van der Waals surface area contributed by atoms with Crippen LogP contribution in [-0.2, 0) is 0 Å². The van der Waals surface area contributed by atoms with E-state index in [0.29, 0.717) is 0 Å². The molecule has 0 heterocycles. The quantitative estimate of drug-likeness (QED) is 0.131. The van der Waals surface area contributed by atoms with Gasteiger partial charge in [0.2, 0.25) is 7.41 Å². The van der Waals surface area contributed by atoms with Gasteiger partial charge in [0.15, 0.2) is 0 Å². The highest BCUT2D eigenvalue weighted by Crippen LogP contribution is 2.81. The largest absolute Gasteiger partial charge is 0.291 e. The number of hydrogen-bond donors (Lipinski definition) is 0. The topological polar surface area (TPSA) is 37.1 Å². The molecule has 236 valence electrons. The summed E-state index contributed by atoms with van der Waals surface area (Å²) in [6, 6.07) is 60.7. The summed E-state index contributed by atoms with van der Waals surface area (Å²) in [5.41, 5.74) is 0. The van der Waals surface area contributed by atoms with E-state index in [1.807, 2.05) is 109 Å². The van der Waals surface area contributed by atoms with E-state index < -0.39 is 26.3 Å². The molecule has 0 bridgehead atoms. The van der Waals surface area contributed by atoms with Gasteiger partial charge in [0.1, 0.15) is 15.9 Å². The van der Waals surface area contributed by atoms with E-state index in [4.69, 9.17) is 58.5 Å². The van der Waals surface area contributed by atoms with Gasteiger partial charge in [0.25, 0.3) is 11.8 Å². The standard InChI is InChI=1S/C36H30Cl4N3P4/c37-46(38,41-44(31-19-7-1-8-20-31,32-21-9-2-10-22-32)33-23-11-3-12-24-33)43-47(39,40)42-45(34-25-13-4-14-26-34,35-27-15-5-16-28-35)36-29-17-6-18-30-36/h1-30H/q+1. The van der Waals surface area contributed by atoms with Crippen molar-refractivity contribution in [3.8, 4) is 0 Å². The molecule has 6 aromatic rings. The van der Waals surface area contributed by atoms with Gasteiger partial charge in [-0.15, -0.1) is 0 Å². The first kappa shape index (κ1) is 34.5. The van der Waals surface area contributed by atoms with Crippen molar-refractivity contribution >= 4 is 103 Å². The Morgan fingerprint density at radius 2 is 0.617 bits per heavy atom. The fourth-order valence-electron chi connectivity index (χ4n) is 5.55. The Bertz CT molecular complexity index is 1890. The Morgan fingerprint density at radius 1 is 0.340 bits per heavy atom. The van der Waals surface area contributed by atoms with Gasteiger partial charge in [-0.25, -0.2) is 4.52 Å². The van der Waals surface area contributed by atoms with Crippen LogP contribution in [0.25, 0.3) is 0 Å². The number of benzene rings is 6. The van der Waals surface area contributed by atoms with Gasteiger partial charge in [-0.3, -0.25) is 0 Å². The first-order valence-corrected chi connectivity index (χ1v) is 25.2. The number of rotatable bonds is 9. The van der Waals surface area contributed by atoms with Crippen molar-refractivity contribution in [2.24, 2.45) is 13.5 Å². The van der Waals surface area contributed by atoms with Crippen LogP contribution in [0.15, 0.2) is 196 Å². The first-order chi connectivity index (χ1) is 22.8. The third-order valence-corrected chi connectivity index (χ3v) is 24.2. The van der Waals surface area contributed by atoms with E-state index in [1.165, 1.54) is 0 Å². The molecule has 11 heteroatoms. The van der Waals surface area contributed by atoms with Gasteiger partial charge >= 0.3 is 0 Å². The maximum Gasteiger partial charge on any atom is 0.291 e. The third kappa shape index (κ3) is 7.61. The van der Waals surface area contributed by atoms with Crippen LogP contribution in [0.1, 0.15) is 0 Å². The summed E-state index contributed by atoms with van der Waals surface area (Å²) >= 11 is 29.2. The first-order valence-electron chi connectivity index (χ1n) is 14.7. The van der Waals surface area contributed by atoms with Crippen LogP contribution in [0, 0.1) is 0 Å². The van der Waals surface area contributed by atoms with Crippen LogP contribution in [0.3, 0.4) is 0 Å². The summed E-state index contributed by atoms with van der Waals surface area (Å²) < 4.78 is 15.6. The average molecular weight is 770 g/mol. The fraction of sp³-hybridized carbons (Fsp3) is 0. The molecule has 0 spiro atoms. The van der Waals surface area contributed by atoms with Crippen LogP contribution in [0.4, 0.5) is 0 Å². The molecule has 0 saturated heterocycles. The Hall–Kier alpha value is -2.40. The van der Waals surface area contributed by atoms with Crippen molar-refractivity contribution in [3.63, 3.8) is 0 Å². The van der Waals surface area contributed by atoms with Crippen molar-refractivity contribution in [2.75, 3.05) is 0 Å². The number of nitrogens with zero attached hydrogens (tertiary/aromatic N) is 3. The highest BCUT2D eigenvalue weighted by atomic mass is 35.9. The molecule has 0 aromatic heterocycles. The highest BCUT2D eigenvalue weighted by molar-refractivity contribution is 8.20. The van der Waals surface area contributed by atoms with Gasteiger partial charge in [-0.05, 0) is 81.4 Å². The summed E-state index contributed by atoms with van der Waals surface area (Å²) in [5, 5.41) is 5.93. The second-order valence-corrected chi connectivity index (χ2v) is 26.8. The van der Waals surface area contributed by atoms with E-state index in [-0.39, 0.29) is 0 Å². The minimum absolute atomic E-state index is 0.989. The molecular formula is C36H30Cl4N3P4+. The molecule has 0 N–H and O–H groups in total. The zero-order valence-corrected chi connectivity index (χ0v) is 31.6. The molecule has 0 saturated carbocycles. The Balaban J connectivity index is 1.68. The smallest absolute Gasteiger partial charge is 0.223 e. The lowest BCUT2D eigenvalue weighted by atomic mass is 10.4. The lowest BCUT2D eigenvalue weighted by Crippen LogP contribution is -2.29. The normalized spacial score (nSPS) is 12.3. The van der Waals surface area contributed by atoms with Crippen molar-refractivity contribution in [1.82, 2.24) is 0 Å². The zero-order valence-electron chi connectivity index (χ0n) is 25.0. The molecule has 0 aliphatic heterocycles. The minimum atomic E-state index is -3.59. The zero-order chi connectivity index (χ0) is 32.8. The average Bonchev–Trinajstić information content (AvgIpc) is 3.11. The number of halogens is 4.